The van der Waals surface area contributed by atoms with Gasteiger partial charge in [-0.3, -0.25) is 0 Å². The molecule has 3 heteroatoms. The molecule has 0 aliphatic heterocycles. The second kappa shape index (κ2) is 3.28. The molecule has 3 nitrogen and oxygen atoms in total. The summed E-state index contributed by atoms with van der Waals surface area (Å²) >= 11 is 0. The van der Waals surface area contributed by atoms with Crippen molar-refractivity contribution >= 4 is 16.7 Å². The van der Waals surface area contributed by atoms with Gasteiger partial charge in [-0.1, -0.05) is 29.8 Å². The molecule has 0 aliphatic carbocycles. The Morgan fingerprint density at radius 3 is 2.67 bits per heavy atom. The highest BCUT2D eigenvalue weighted by atomic mass is 16.4. The first-order valence-electron chi connectivity index (χ1n) is 4.52. The van der Waals surface area contributed by atoms with E-state index in [1.807, 2.05) is 19.1 Å². The Labute approximate surface area is 86.6 Å². The SMILES string of the molecule is Cc1ccc2c([O-])cc(C(=O)O)cc2c1. The van der Waals surface area contributed by atoms with Gasteiger partial charge in [-0.05, 0) is 23.8 Å². The number of hydrogen-bond acceptors (Lipinski definition) is 2. The zero-order valence-electron chi connectivity index (χ0n) is 8.15. The molecule has 0 atom stereocenters. The number of carbonyl (C=O) groups is 1. The summed E-state index contributed by atoms with van der Waals surface area (Å²) in [7, 11) is 0. The number of hydrogen-bond donors (Lipinski definition) is 1. The lowest BCUT2D eigenvalue weighted by Crippen LogP contribution is -1.99. The van der Waals surface area contributed by atoms with Crippen molar-refractivity contribution in [2.24, 2.45) is 0 Å². The summed E-state index contributed by atoms with van der Waals surface area (Å²) in [5, 5.41) is 21.6. The number of carboxylic acids is 1. The molecule has 15 heavy (non-hydrogen) atoms. The standard InChI is InChI=1S/C12H10O3/c1-7-2-3-10-8(4-7)5-9(12(14)15)6-11(10)13/h2-6,13H,1H3,(H,14,15)/p-1. The highest BCUT2D eigenvalue weighted by Gasteiger charge is 2.04. The summed E-state index contributed by atoms with van der Waals surface area (Å²) in [5.74, 6) is -1.32. The molecule has 0 bridgehead atoms. The number of fused-ring (bicyclic) bond motifs is 1. The number of aryl methyl sites for hydroxylation is 1. The Morgan fingerprint density at radius 1 is 1.27 bits per heavy atom. The van der Waals surface area contributed by atoms with Crippen LogP contribution in [0.15, 0.2) is 30.3 Å². The fourth-order valence-corrected chi connectivity index (χ4v) is 1.58. The third kappa shape index (κ3) is 1.64. The highest BCUT2D eigenvalue weighted by Crippen LogP contribution is 2.25. The van der Waals surface area contributed by atoms with Crippen molar-refractivity contribution in [3.8, 4) is 5.75 Å². The molecule has 76 valence electrons. The minimum atomic E-state index is -1.07. The fraction of sp³-hybridized carbons (Fsp3) is 0.0833. The molecule has 2 rings (SSSR count). The van der Waals surface area contributed by atoms with Crippen molar-refractivity contribution in [3.05, 3.63) is 41.5 Å². The average molecular weight is 201 g/mol. The summed E-state index contributed by atoms with van der Waals surface area (Å²) in [6, 6.07) is 8.04. The molecular formula is C12H9O3-. The second-order valence-corrected chi connectivity index (χ2v) is 3.50. The lowest BCUT2D eigenvalue weighted by atomic mass is 10.0. The molecule has 0 amide bonds. The molecule has 0 saturated carbocycles. The summed E-state index contributed by atoms with van der Waals surface area (Å²) in [6.45, 7) is 1.90. The molecule has 2 aromatic rings. The molecule has 0 heterocycles. The van der Waals surface area contributed by atoms with Gasteiger partial charge in [-0.2, -0.15) is 0 Å². The van der Waals surface area contributed by atoms with E-state index in [0.29, 0.717) is 10.8 Å². The summed E-state index contributed by atoms with van der Waals surface area (Å²) < 4.78 is 0. The van der Waals surface area contributed by atoms with Gasteiger partial charge in [-0.15, -0.1) is 5.75 Å². The monoisotopic (exact) mass is 201 g/mol. The van der Waals surface area contributed by atoms with Gasteiger partial charge in [0, 0.05) is 0 Å². The smallest absolute Gasteiger partial charge is 0.335 e. The molecule has 0 spiro atoms. The first kappa shape index (κ1) is 9.52. The van der Waals surface area contributed by atoms with Crippen molar-refractivity contribution < 1.29 is 15.0 Å². The first-order chi connectivity index (χ1) is 7.08. The van der Waals surface area contributed by atoms with Crippen LogP contribution in [0.3, 0.4) is 0 Å². The van der Waals surface area contributed by atoms with Crippen molar-refractivity contribution in [1.29, 1.82) is 0 Å². The zero-order chi connectivity index (χ0) is 11.0. The van der Waals surface area contributed by atoms with E-state index in [-0.39, 0.29) is 11.3 Å². The van der Waals surface area contributed by atoms with Crippen molar-refractivity contribution in [2.75, 3.05) is 0 Å². The van der Waals surface area contributed by atoms with Crippen LogP contribution in [0.4, 0.5) is 0 Å². The van der Waals surface area contributed by atoms with E-state index in [2.05, 4.69) is 0 Å². The molecule has 0 radical (unpaired) electrons. The highest BCUT2D eigenvalue weighted by molar-refractivity contribution is 5.97. The van der Waals surface area contributed by atoms with Crippen LogP contribution >= 0.6 is 0 Å². The van der Waals surface area contributed by atoms with Gasteiger partial charge in [-0.25, -0.2) is 4.79 Å². The van der Waals surface area contributed by atoms with Crippen LogP contribution in [-0.4, -0.2) is 11.1 Å². The van der Waals surface area contributed by atoms with E-state index in [9.17, 15) is 9.90 Å². The van der Waals surface area contributed by atoms with Crippen molar-refractivity contribution in [2.45, 2.75) is 6.92 Å². The van der Waals surface area contributed by atoms with Gasteiger partial charge in [0.05, 0.1) is 5.56 Å². The van der Waals surface area contributed by atoms with Crippen LogP contribution in [0.5, 0.6) is 5.75 Å². The van der Waals surface area contributed by atoms with E-state index >= 15 is 0 Å². The maximum absolute atomic E-state index is 11.6. The molecule has 0 aliphatic rings. The molecule has 0 saturated heterocycles. The minimum absolute atomic E-state index is 0.0399. The van der Waals surface area contributed by atoms with Gasteiger partial charge >= 0.3 is 5.97 Å². The van der Waals surface area contributed by atoms with Crippen LogP contribution in [-0.2, 0) is 0 Å². The lowest BCUT2D eigenvalue weighted by molar-refractivity contribution is -0.265. The van der Waals surface area contributed by atoms with Gasteiger partial charge in [0.15, 0.2) is 0 Å². The van der Waals surface area contributed by atoms with E-state index < -0.39 is 5.97 Å². The maximum atomic E-state index is 11.6. The Bertz CT molecular complexity index is 544. The predicted molar refractivity (Wildman–Crippen MR) is 55.1 cm³/mol. The van der Waals surface area contributed by atoms with Crippen LogP contribution in [0.25, 0.3) is 10.8 Å². The van der Waals surface area contributed by atoms with Crippen LogP contribution in [0.1, 0.15) is 15.9 Å². The summed E-state index contributed by atoms with van der Waals surface area (Å²) in [6.07, 6.45) is 0. The number of aromatic carboxylic acids is 1. The largest absolute Gasteiger partial charge is 0.872 e. The third-order valence-electron chi connectivity index (χ3n) is 2.32. The van der Waals surface area contributed by atoms with Gasteiger partial charge in [0.1, 0.15) is 0 Å². The van der Waals surface area contributed by atoms with E-state index in [0.717, 1.165) is 11.6 Å². The Morgan fingerprint density at radius 2 is 2.00 bits per heavy atom. The molecule has 0 unspecified atom stereocenters. The van der Waals surface area contributed by atoms with E-state index in [1.54, 1.807) is 6.07 Å². The van der Waals surface area contributed by atoms with E-state index in [1.165, 1.54) is 6.07 Å². The number of benzene rings is 2. The lowest BCUT2D eigenvalue weighted by Gasteiger charge is -2.12. The molecule has 0 fully saturated rings. The van der Waals surface area contributed by atoms with Crippen molar-refractivity contribution in [1.82, 2.24) is 0 Å². The summed E-state index contributed by atoms with van der Waals surface area (Å²) in [5.41, 5.74) is 1.04. The van der Waals surface area contributed by atoms with Crippen molar-refractivity contribution in [3.63, 3.8) is 0 Å². The zero-order valence-corrected chi connectivity index (χ0v) is 8.15. The molecular weight excluding hydrogens is 192 g/mol. The molecule has 1 N–H and O–H groups in total. The topological polar surface area (TPSA) is 60.4 Å². The quantitative estimate of drug-likeness (QED) is 0.766. The van der Waals surface area contributed by atoms with Gasteiger partial charge in [0.25, 0.3) is 0 Å². The molecule has 0 aromatic heterocycles. The van der Waals surface area contributed by atoms with Crippen LogP contribution in [0.2, 0.25) is 0 Å². The van der Waals surface area contributed by atoms with E-state index in [4.69, 9.17) is 5.11 Å². The Kier molecular flexibility index (Phi) is 2.08. The Balaban J connectivity index is 2.79. The minimum Gasteiger partial charge on any atom is -0.872 e. The van der Waals surface area contributed by atoms with Crippen LogP contribution < -0.4 is 5.11 Å². The second-order valence-electron chi connectivity index (χ2n) is 3.50. The number of carboxylic acid groups (broad SMARTS) is 1. The normalized spacial score (nSPS) is 10.5. The predicted octanol–water partition coefficient (Wildman–Crippen LogP) is 1.92. The van der Waals surface area contributed by atoms with Gasteiger partial charge in [0.2, 0.25) is 0 Å². The molecule has 2 aromatic carbocycles. The average Bonchev–Trinajstić information content (AvgIpc) is 2.16. The summed E-state index contributed by atoms with van der Waals surface area (Å²) in [4.78, 5) is 10.7. The third-order valence-corrected chi connectivity index (χ3v) is 2.32. The number of rotatable bonds is 1. The maximum Gasteiger partial charge on any atom is 0.335 e. The van der Waals surface area contributed by atoms with Gasteiger partial charge < -0.3 is 10.2 Å². The van der Waals surface area contributed by atoms with Crippen LogP contribution in [0, 0.1) is 6.92 Å². The fourth-order valence-electron chi connectivity index (χ4n) is 1.58. The Hall–Kier alpha value is -2.03. The first-order valence-corrected chi connectivity index (χ1v) is 4.52.